The van der Waals surface area contributed by atoms with Gasteiger partial charge in [0.15, 0.2) is 0 Å². The molecule has 116 valence electrons. The first-order chi connectivity index (χ1) is 9.77. The van der Waals surface area contributed by atoms with E-state index in [0.29, 0.717) is 0 Å². The smallest absolute Gasteiger partial charge is 0.305 e. The summed E-state index contributed by atoms with van der Waals surface area (Å²) in [5, 5.41) is 11.4. The van der Waals surface area contributed by atoms with Crippen LogP contribution in [0, 0.1) is 0 Å². The number of hydrogen-bond acceptors (Lipinski definition) is 3. The van der Waals surface area contributed by atoms with Crippen LogP contribution >= 0.6 is 0 Å². The molecular weight excluding hydrogens is 284 g/mol. The molecule has 0 heterocycles. The lowest BCUT2D eigenvalue weighted by molar-refractivity contribution is -0.139. The SMILES string of the molecule is COCC(C)(CC(=O)O)NC(=O)c1cccc(C(F)F)c1. The predicted molar refractivity (Wildman–Crippen MR) is 71.4 cm³/mol. The second-order valence-electron chi connectivity index (χ2n) is 4.94. The van der Waals surface area contributed by atoms with Gasteiger partial charge in [-0.1, -0.05) is 12.1 Å². The average molecular weight is 301 g/mol. The number of carboxylic acid groups (broad SMARTS) is 1. The van der Waals surface area contributed by atoms with Gasteiger partial charge in [0.25, 0.3) is 12.3 Å². The van der Waals surface area contributed by atoms with Crippen molar-refractivity contribution in [3.8, 4) is 0 Å². The number of hydrogen-bond donors (Lipinski definition) is 2. The Morgan fingerprint density at radius 3 is 2.62 bits per heavy atom. The maximum absolute atomic E-state index is 12.6. The normalized spacial score (nSPS) is 13.8. The van der Waals surface area contributed by atoms with Gasteiger partial charge in [-0.2, -0.15) is 0 Å². The molecule has 2 N–H and O–H groups in total. The van der Waals surface area contributed by atoms with Crippen LogP contribution in [0.1, 0.15) is 35.7 Å². The lowest BCUT2D eigenvalue weighted by Crippen LogP contribution is -2.50. The first-order valence-corrected chi connectivity index (χ1v) is 6.19. The van der Waals surface area contributed by atoms with Crippen LogP contribution in [0.2, 0.25) is 0 Å². The maximum atomic E-state index is 12.6. The minimum absolute atomic E-state index is 0.0143. The van der Waals surface area contributed by atoms with E-state index in [4.69, 9.17) is 9.84 Å². The third kappa shape index (κ3) is 5.11. The number of nitrogens with one attached hydrogen (secondary N) is 1. The highest BCUT2D eigenvalue weighted by Gasteiger charge is 2.30. The van der Waals surface area contributed by atoms with Gasteiger partial charge in [-0.05, 0) is 19.1 Å². The van der Waals surface area contributed by atoms with Gasteiger partial charge in [0, 0.05) is 18.2 Å². The molecule has 0 saturated carbocycles. The third-order valence-corrected chi connectivity index (χ3v) is 2.82. The highest BCUT2D eigenvalue weighted by Crippen LogP contribution is 2.20. The van der Waals surface area contributed by atoms with E-state index in [1.807, 2.05) is 0 Å². The van der Waals surface area contributed by atoms with Crippen LogP contribution in [0.4, 0.5) is 8.78 Å². The van der Waals surface area contributed by atoms with Crippen molar-refractivity contribution >= 4 is 11.9 Å². The standard InChI is InChI=1S/C14H17F2NO4/c1-14(8-21-2,7-11(18)19)17-13(20)10-5-3-4-9(6-10)12(15)16/h3-6,12H,7-8H2,1-2H3,(H,17,20)(H,18,19). The second kappa shape index (κ2) is 7.12. The topological polar surface area (TPSA) is 75.6 Å². The Bertz CT molecular complexity index is 521. The molecule has 0 aliphatic heterocycles. The second-order valence-corrected chi connectivity index (χ2v) is 4.94. The van der Waals surface area contributed by atoms with E-state index in [9.17, 15) is 18.4 Å². The molecule has 1 aromatic carbocycles. The molecule has 1 atom stereocenters. The quantitative estimate of drug-likeness (QED) is 0.810. The summed E-state index contributed by atoms with van der Waals surface area (Å²) in [6.07, 6.45) is -3.02. The summed E-state index contributed by atoms with van der Waals surface area (Å²) in [5.74, 6) is -1.73. The van der Waals surface area contributed by atoms with Crippen LogP contribution in [-0.4, -0.2) is 36.2 Å². The van der Waals surface area contributed by atoms with E-state index in [2.05, 4.69) is 5.32 Å². The number of aliphatic carboxylic acids is 1. The maximum Gasteiger partial charge on any atom is 0.305 e. The van der Waals surface area contributed by atoms with Crippen LogP contribution in [0.3, 0.4) is 0 Å². The Labute approximate surface area is 120 Å². The zero-order valence-corrected chi connectivity index (χ0v) is 11.7. The fraction of sp³-hybridized carbons (Fsp3) is 0.429. The Morgan fingerprint density at radius 2 is 2.10 bits per heavy atom. The summed E-state index contributed by atoms with van der Waals surface area (Å²) in [7, 11) is 1.38. The van der Waals surface area contributed by atoms with Gasteiger partial charge in [0.05, 0.1) is 18.6 Å². The van der Waals surface area contributed by atoms with E-state index in [0.717, 1.165) is 6.07 Å². The number of rotatable bonds is 7. The molecule has 1 unspecified atom stereocenters. The van der Waals surface area contributed by atoms with Crippen molar-refractivity contribution < 1.29 is 28.2 Å². The van der Waals surface area contributed by atoms with Crippen LogP contribution in [0.25, 0.3) is 0 Å². The van der Waals surface area contributed by atoms with Crippen molar-refractivity contribution in [2.45, 2.75) is 25.3 Å². The predicted octanol–water partition coefficient (Wildman–Crippen LogP) is 2.23. The number of amides is 1. The van der Waals surface area contributed by atoms with Gasteiger partial charge in [0.2, 0.25) is 0 Å². The Morgan fingerprint density at radius 1 is 1.43 bits per heavy atom. The molecule has 1 aromatic rings. The molecule has 0 spiro atoms. The van der Waals surface area contributed by atoms with Crippen molar-refractivity contribution in [3.05, 3.63) is 35.4 Å². The zero-order valence-electron chi connectivity index (χ0n) is 11.7. The summed E-state index contributed by atoms with van der Waals surface area (Å²) in [6, 6.07) is 5.03. The van der Waals surface area contributed by atoms with Crippen molar-refractivity contribution in [2.75, 3.05) is 13.7 Å². The number of alkyl halides is 2. The van der Waals surface area contributed by atoms with Crippen molar-refractivity contribution in [1.29, 1.82) is 0 Å². The van der Waals surface area contributed by atoms with Crippen LogP contribution in [-0.2, 0) is 9.53 Å². The molecule has 21 heavy (non-hydrogen) atoms. The van der Waals surface area contributed by atoms with E-state index in [1.54, 1.807) is 0 Å². The molecule has 0 aliphatic carbocycles. The molecule has 0 saturated heterocycles. The molecule has 1 rings (SSSR count). The van der Waals surface area contributed by atoms with Crippen LogP contribution in [0.5, 0.6) is 0 Å². The van der Waals surface area contributed by atoms with Crippen molar-refractivity contribution in [3.63, 3.8) is 0 Å². The minimum atomic E-state index is -2.68. The van der Waals surface area contributed by atoms with Gasteiger partial charge in [0.1, 0.15) is 0 Å². The molecule has 5 nitrogen and oxygen atoms in total. The van der Waals surface area contributed by atoms with Gasteiger partial charge >= 0.3 is 5.97 Å². The number of halogens is 2. The molecule has 1 amide bonds. The number of benzene rings is 1. The molecule has 0 aromatic heterocycles. The number of carbonyl (C=O) groups is 2. The Hall–Kier alpha value is -2.02. The summed E-state index contributed by atoms with van der Waals surface area (Å²) < 4.78 is 30.1. The minimum Gasteiger partial charge on any atom is -0.481 e. The van der Waals surface area contributed by atoms with E-state index >= 15 is 0 Å². The monoisotopic (exact) mass is 301 g/mol. The Balaban J connectivity index is 2.91. The van der Waals surface area contributed by atoms with E-state index in [-0.39, 0.29) is 24.2 Å². The lowest BCUT2D eigenvalue weighted by Gasteiger charge is -2.28. The zero-order chi connectivity index (χ0) is 16.0. The first-order valence-electron chi connectivity index (χ1n) is 6.19. The lowest BCUT2D eigenvalue weighted by atomic mass is 9.98. The van der Waals surface area contributed by atoms with Crippen molar-refractivity contribution in [2.24, 2.45) is 0 Å². The third-order valence-electron chi connectivity index (χ3n) is 2.82. The molecule has 0 aliphatic rings. The van der Waals surface area contributed by atoms with Crippen LogP contribution < -0.4 is 5.32 Å². The number of ether oxygens (including phenoxy) is 1. The summed E-state index contributed by atoms with van der Waals surface area (Å²) in [6.45, 7) is 1.50. The molecule has 0 radical (unpaired) electrons. The summed E-state index contributed by atoms with van der Waals surface area (Å²) >= 11 is 0. The Kier molecular flexibility index (Phi) is 5.78. The van der Waals surface area contributed by atoms with Gasteiger partial charge in [-0.3, -0.25) is 9.59 Å². The van der Waals surface area contributed by atoms with Gasteiger partial charge in [-0.15, -0.1) is 0 Å². The molecule has 7 heteroatoms. The first kappa shape index (κ1) is 17.0. The number of carbonyl (C=O) groups excluding carboxylic acids is 1. The number of methoxy groups -OCH3 is 1. The highest BCUT2D eigenvalue weighted by atomic mass is 19.3. The van der Waals surface area contributed by atoms with E-state index in [1.165, 1.54) is 32.2 Å². The highest BCUT2D eigenvalue weighted by molar-refractivity contribution is 5.95. The fourth-order valence-electron chi connectivity index (χ4n) is 1.95. The summed E-state index contributed by atoms with van der Waals surface area (Å²) in [5.41, 5.74) is -1.35. The fourth-order valence-corrected chi connectivity index (χ4v) is 1.95. The molecule has 0 bridgehead atoms. The largest absolute Gasteiger partial charge is 0.481 e. The van der Waals surface area contributed by atoms with E-state index < -0.39 is 23.8 Å². The van der Waals surface area contributed by atoms with Gasteiger partial charge in [-0.25, -0.2) is 8.78 Å². The molecular formula is C14H17F2NO4. The molecule has 0 fully saturated rings. The average Bonchev–Trinajstić information content (AvgIpc) is 2.37. The summed E-state index contributed by atoms with van der Waals surface area (Å²) in [4.78, 5) is 22.9. The van der Waals surface area contributed by atoms with Gasteiger partial charge < -0.3 is 15.2 Å². The number of carboxylic acids is 1. The van der Waals surface area contributed by atoms with Crippen molar-refractivity contribution in [1.82, 2.24) is 5.32 Å². The van der Waals surface area contributed by atoms with Crippen LogP contribution in [0.15, 0.2) is 24.3 Å².